The van der Waals surface area contributed by atoms with Crippen LogP contribution in [0.15, 0.2) is 42.5 Å². The summed E-state index contributed by atoms with van der Waals surface area (Å²) in [5.41, 5.74) is 1.91. The van der Waals surface area contributed by atoms with E-state index in [1.54, 1.807) is 13.2 Å². The molecule has 0 aromatic heterocycles. The Bertz CT molecular complexity index is 910. The van der Waals surface area contributed by atoms with Gasteiger partial charge in [-0.2, -0.15) is 0 Å². The summed E-state index contributed by atoms with van der Waals surface area (Å²) in [6.45, 7) is 4.69. The second-order valence-corrected chi connectivity index (χ2v) is 8.09. The molecule has 2 aromatic rings. The number of methoxy groups -OCH3 is 1. The number of aryl methyl sites for hydroxylation is 1. The molecule has 0 N–H and O–H groups in total. The van der Waals surface area contributed by atoms with E-state index in [2.05, 4.69) is 0 Å². The van der Waals surface area contributed by atoms with Gasteiger partial charge in [-0.05, 0) is 54.8 Å². The van der Waals surface area contributed by atoms with Gasteiger partial charge in [0.2, 0.25) is 11.8 Å². The van der Waals surface area contributed by atoms with Crippen molar-refractivity contribution in [3.63, 3.8) is 0 Å². The number of halogens is 1. The maximum absolute atomic E-state index is 12.6. The number of hydrogen-bond acceptors (Lipinski definition) is 4. The lowest BCUT2D eigenvalue weighted by Crippen LogP contribution is -2.51. The van der Waals surface area contributed by atoms with Crippen molar-refractivity contribution in [3.8, 4) is 11.5 Å². The van der Waals surface area contributed by atoms with Crippen LogP contribution in [0.4, 0.5) is 0 Å². The molecule has 1 aliphatic heterocycles. The molecule has 1 aliphatic rings. The number of nitrogens with zero attached hydrogens (tertiary/aromatic N) is 2. The summed E-state index contributed by atoms with van der Waals surface area (Å²) in [6, 6.07) is 13.1. The zero-order chi connectivity index (χ0) is 22.2. The molecule has 0 unspecified atom stereocenters. The molecular formula is C24H29ClN2O4. The van der Waals surface area contributed by atoms with Gasteiger partial charge in [0.05, 0.1) is 20.1 Å². The molecule has 2 aromatic carbocycles. The highest BCUT2D eigenvalue weighted by Crippen LogP contribution is 2.22. The number of carbonyl (C=O) groups excluding carboxylic acids is 2. The van der Waals surface area contributed by atoms with Crippen LogP contribution in [-0.4, -0.2) is 61.5 Å². The summed E-state index contributed by atoms with van der Waals surface area (Å²) in [7, 11) is 1.61. The molecule has 6 nitrogen and oxygen atoms in total. The predicted molar refractivity (Wildman–Crippen MR) is 121 cm³/mol. The standard InChI is InChI=1S/C24H29ClN2O4/c1-18-15-20(25)8-9-22(18)31-14-4-7-23(28)26-10-12-27(13-11-26)24(29)17-19-5-3-6-21(16-19)30-2/h3,5-6,8-9,15-16H,4,7,10-14,17H2,1-2H3. The van der Waals surface area contributed by atoms with Gasteiger partial charge in [-0.25, -0.2) is 0 Å². The van der Waals surface area contributed by atoms with Crippen LogP contribution in [0.2, 0.25) is 5.02 Å². The minimum atomic E-state index is 0.0760. The third-order valence-corrected chi connectivity index (χ3v) is 5.64. The molecule has 3 rings (SSSR count). The molecule has 0 bridgehead atoms. The highest BCUT2D eigenvalue weighted by molar-refractivity contribution is 6.30. The van der Waals surface area contributed by atoms with Crippen LogP contribution in [-0.2, 0) is 16.0 Å². The Balaban J connectivity index is 1.37. The van der Waals surface area contributed by atoms with Gasteiger partial charge >= 0.3 is 0 Å². The maximum atomic E-state index is 12.6. The van der Waals surface area contributed by atoms with Crippen LogP contribution in [0, 0.1) is 6.92 Å². The number of piperazine rings is 1. The van der Waals surface area contributed by atoms with Gasteiger partial charge in [0, 0.05) is 37.6 Å². The molecule has 1 fully saturated rings. The zero-order valence-corrected chi connectivity index (χ0v) is 18.9. The lowest BCUT2D eigenvalue weighted by molar-refractivity contribution is -0.139. The van der Waals surface area contributed by atoms with Gasteiger partial charge in [0.15, 0.2) is 0 Å². The van der Waals surface area contributed by atoms with Gasteiger partial charge < -0.3 is 19.3 Å². The predicted octanol–water partition coefficient (Wildman–Crippen LogP) is 3.73. The Morgan fingerprint density at radius 1 is 1.00 bits per heavy atom. The minimum absolute atomic E-state index is 0.0760. The number of hydrogen-bond donors (Lipinski definition) is 0. The first kappa shape index (κ1) is 22.9. The molecule has 166 valence electrons. The molecule has 0 atom stereocenters. The van der Waals surface area contributed by atoms with Crippen molar-refractivity contribution >= 4 is 23.4 Å². The van der Waals surface area contributed by atoms with Gasteiger partial charge in [-0.15, -0.1) is 0 Å². The first-order valence-electron chi connectivity index (χ1n) is 10.5. The first-order chi connectivity index (χ1) is 15.0. The van der Waals surface area contributed by atoms with Crippen molar-refractivity contribution in [2.45, 2.75) is 26.2 Å². The van der Waals surface area contributed by atoms with Crippen LogP contribution in [0.25, 0.3) is 0 Å². The van der Waals surface area contributed by atoms with Crippen LogP contribution < -0.4 is 9.47 Å². The van der Waals surface area contributed by atoms with Gasteiger partial charge in [-0.1, -0.05) is 23.7 Å². The van der Waals surface area contributed by atoms with Crippen LogP contribution >= 0.6 is 11.6 Å². The average Bonchev–Trinajstić information content (AvgIpc) is 2.78. The van der Waals surface area contributed by atoms with Gasteiger partial charge in [0.1, 0.15) is 11.5 Å². The largest absolute Gasteiger partial charge is 0.497 e. The van der Waals surface area contributed by atoms with E-state index in [1.807, 2.05) is 53.1 Å². The summed E-state index contributed by atoms with van der Waals surface area (Å²) in [5.74, 6) is 1.72. The van der Waals surface area contributed by atoms with E-state index in [-0.39, 0.29) is 11.8 Å². The second-order valence-electron chi connectivity index (χ2n) is 7.65. The summed E-state index contributed by atoms with van der Waals surface area (Å²) in [4.78, 5) is 28.8. The van der Waals surface area contributed by atoms with Crippen molar-refractivity contribution in [2.75, 3.05) is 39.9 Å². The third-order valence-electron chi connectivity index (χ3n) is 5.40. The highest BCUT2D eigenvalue weighted by Gasteiger charge is 2.24. The molecule has 0 spiro atoms. The van der Waals surface area contributed by atoms with Gasteiger partial charge in [0.25, 0.3) is 0 Å². The Kier molecular flexibility index (Phi) is 8.18. The molecular weight excluding hydrogens is 416 g/mol. The summed E-state index contributed by atoms with van der Waals surface area (Å²) in [5, 5.41) is 0.682. The minimum Gasteiger partial charge on any atom is -0.497 e. The van der Waals surface area contributed by atoms with Crippen molar-refractivity contribution in [2.24, 2.45) is 0 Å². The Morgan fingerprint density at radius 2 is 1.71 bits per heavy atom. The number of amides is 2. The second kappa shape index (κ2) is 11.0. The van der Waals surface area contributed by atoms with Crippen molar-refractivity contribution in [1.29, 1.82) is 0 Å². The van der Waals surface area contributed by atoms with Crippen molar-refractivity contribution in [1.82, 2.24) is 9.80 Å². The van der Waals surface area contributed by atoms with Crippen molar-refractivity contribution in [3.05, 3.63) is 58.6 Å². The Labute approximate surface area is 188 Å². The number of rotatable bonds is 8. The summed E-state index contributed by atoms with van der Waals surface area (Å²) >= 11 is 5.95. The lowest BCUT2D eigenvalue weighted by atomic mass is 10.1. The molecule has 1 saturated heterocycles. The molecule has 1 heterocycles. The molecule has 2 amide bonds. The van der Waals surface area contributed by atoms with Crippen molar-refractivity contribution < 1.29 is 19.1 Å². The lowest BCUT2D eigenvalue weighted by Gasteiger charge is -2.35. The van der Waals surface area contributed by atoms with E-state index in [1.165, 1.54) is 0 Å². The zero-order valence-electron chi connectivity index (χ0n) is 18.1. The number of benzene rings is 2. The molecule has 7 heteroatoms. The Hall–Kier alpha value is -2.73. The van der Waals surface area contributed by atoms with E-state index >= 15 is 0 Å². The van der Waals surface area contributed by atoms with Crippen LogP contribution in [0.1, 0.15) is 24.0 Å². The molecule has 31 heavy (non-hydrogen) atoms. The fourth-order valence-corrected chi connectivity index (χ4v) is 3.84. The highest BCUT2D eigenvalue weighted by atomic mass is 35.5. The normalized spacial score (nSPS) is 13.8. The van der Waals surface area contributed by atoms with Crippen LogP contribution in [0.5, 0.6) is 11.5 Å². The Morgan fingerprint density at radius 3 is 2.39 bits per heavy atom. The molecule has 0 radical (unpaired) electrons. The number of ether oxygens (including phenoxy) is 2. The molecule has 0 saturated carbocycles. The fourth-order valence-electron chi connectivity index (χ4n) is 3.61. The average molecular weight is 445 g/mol. The summed E-state index contributed by atoms with van der Waals surface area (Å²) in [6.07, 6.45) is 1.42. The maximum Gasteiger partial charge on any atom is 0.227 e. The monoisotopic (exact) mass is 444 g/mol. The van der Waals surface area contributed by atoms with E-state index < -0.39 is 0 Å². The van der Waals surface area contributed by atoms with E-state index in [0.29, 0.717) is 57.1 Å². The first-order valence-corrected chi connectivity index (χ1v) is 10.9. The summed E-state index contributed by atoms with van der Waals surface area (Å²) < 4.78 is 11.0. The SMILES string of the molecule is COc1cccc(CC(=O)N2CCN(C(=O)CCCOc3ccc(Cl)cc3C)CC2)c1. The van der Waals surface area contributed by atoms with E-state index in [4.69, 9.17) is 21.1 Å². The van der Waals surface area contributed by atoms with E-state index in [0.717, 1.165) is 22.6 Å². The van der Waals surface area contributed by atoms with E-state index in [9.17, 15) is 9.59 Å². The smallest absolute Gasteiger partial charge is 0.227 e. The topological polar surface area (TPSA) is 59.1 Å². The number of carbonyl (C=O) groups is 2. The van der Waals surface area contributed by atoms with Crippen LogP contribution in [0.3, 0.4) is 0 Å². The van der Waals surface area contributed by atoms with Gasteiger partial charge in [-0.3, -0.25) is 9.59 Å². The quantitative estimate of drug-likeness (QED) is 0.582. The third kappa shape index (κ3) is 6.62. The fraction of sp³-hybridized carbons (Fsp3) is 0.417. The molecule has 0 aliphatic carbocycles.